The summed E-state index contributed by atoms with van der Waals surface area (Å²) in [6, 6.07) is 7.11. The summed E-state index contributed by atoms with van der Waals surface area (Å²) >= 11 is 0. The number of quaternary nitrogens is 1. The lowest BCUT2D eigenvalue weighted by Gasteiger charge is -2.33. The number of phenols is 1. The zero-order chi connectivity index (χ0) is 17.6. The molecule has 5 heteroatoms. The van der Waals surface area contributed by atoms with Crippen LogP contribution in [0.25, 0.3) is 0 Å². The van der Waals surface area contributed by atoms with E-state index in [-0.39, 0.29) is 17.6 Å². The fourth-order valence-corrected chi connectivity index (χ4v) is 4.01. The zero-order valence-electron chi connectivity index (χ0n) is 14.7. The van der Waals surface area contributed by atoms with Gasteiger partial charge in [-0.15, -0.1) is 0 Å². The molecule has 0 fully saturated rings. The number of benzene rings is 1. The number of Topliss-reactive ketones (excluding diaryl/α,β-unsaturated/α-hetero) is 1. The number of hydrogen-bond acceptors (Lipinski definition) is 4. The number of nitrogens with zero attached hydrogens (tertiary/aromatic N) is 1. The lowest BCUT2D eigenvalue weighted by atomic mass is 9.86. The summed E-state index contributed by atoms with van der Waals surface area (Å²) in [4.78, 5) is 16.4. The molecule has 0 bridgehead atoms. The molecule has 1 aromatic carbocycles. The molecule has 4 rings (SSSR count). The molecule has 0 aromatic heterocycles. The van der Waals surface area contributed by atoms with E-state index in [0.717, 1.165) is 29.8 Å². The number of phenolic OH excluding ortho intramolecular Hbond substituents is 1. The van der Waals surface area contributed by atoms with Gasteiger partial charge in [0.2, 0.25) is 5.78 Å². The maximum absolute atomic E-state index is 13.0. The van der Waals surface area contributed by atoms with E-state index < -0.39 is 0 Å². The number of carbonyl (C=O) groups excluding carboxylic acids is 1. The molecule has 25 heavy (non-hydrogen) atoms. The van der Waals surface area contributed by atoms with Crippen LogP contribution in [-0.4, -0.2) is 49.0 Å². The van der Waals surface area contributed by atoms with Crippen molar-refractivity contribution in [2.75, 3.05) is 27.2 Å². The molecule has 0 radical (unpaired) electrons. The van der Waals surface area contributed by atoms with E-state index in [0.29, 0.717) is 12.2 Å². The van der Waals surface area contributed by atoms with Crippen LogP contribution in [-0.2, 0) is 11.2 Å². The standard InChI is InChI=1S/C20H23N3O2/c1-22-10-8-14-12-23(2)19-18(14)17(22)11-16(20(19)25)21-9-7-13-3-5-15(24)6-4-13/h3-6,11-12,19,21,24H,7-10H2,1-2H3/p+1. The first kappa shape index (κ1) is 16.0. The van der Waals surface area contributed by atoms with Crippen molar-refractivity contribution in [1.82, 2.24) is 10.2 Å². The SMILES string of the molecule is CN1CCC2=C[NH+](C)C3C(=O)C(NCCc4ccc(O)cc4)=CC1=C23. The number of rotatable bonds is 4. The Morgan fingerprint density at radius 2 is 2.08 bits per heavy atom. The highest BCUT2D eigenvalue weighted by atomic mass is 16.3. The van der Waals surface area contributed by atoms with Crippen molar-refractivity contribution < 1.29 is 14.8 Å². The molecule has 5 nitrogen and oxygen atoms in total. The topological polar surface area (TPSA) is 57.0 Å². The summed E-state index contributed by atoms with van der Waals surface area (Å²) in [5.41, 5.74) is 5.59. The number of likely N-dealkylation sites (N-methyl/N-ethyl adjacent to an activating group) is 2. The number of nitrogens with one attached hydrogen (secondary N) is 2. The van der Waals surface area contributed by atoms with Crippen molar-refractivity contribution in [2.24, 2.45) is 0 Å². The van der Waals surface area contributed by atoms with Crippen molar-refractivity contribution in [3.8, 4) is 5.75 Å². The molecule has 2 heterocycles. The van der Waals surface area contributed by atoms with Gasteiger partial charge in [-0.25, -0.2) is 0 Å². The zero-order valence-corrected chi connectivity index (χ0v) is 14.7. The summed E-state index contributed by atoms with van der Waals surface area (Å²) in [5, 5.41) is 12.7. The van der Waals surface area contributed by atoms with Crippen molar-refractivity contribution in [1.29, 1.82) is 0 Å². The third-order valence-corrected chi connectivity index (χ3v) is 5.37. The average Bonchev–Trinajstić information content (AvgIpc) is 2.93. The van der Waals surface area contributed by atoms with Crippen LogP contribution >= 0.6 is 0 Å². The Labute approximate surface area is 147 Å². The molecule has 0 spiro atoms. The molecule has 3 N–H and O–H groups in total. The van der Waals surface area contributed by atoms with E-state index in [4.69, 9.17) is 0 Å². The van der Waals surface area contributed by atoms with Crippen LogP contribution in [0.15, 0.2) is 59.1 Å². The normalized spacial score (nSPS) is 24.9. The molecular weight excluding hydrogens is 314 g/mol. The second-order valence-corrected chi connectivity index (χ2v) is 7.08. The minimum absolute atomic E-state index is 0.103. The highest BCUT2D eigenvalue weighted by Gasteiger charge is 2.45. The van der Waals surface area contributed by atoms with Crippen LogP contribution in [0.2, 0.25) is 0 Å². The van der Waals surface area contributed by atoms with Crippen molar-refractivity contribution in [3.05, 3.63) is 64.6 Å². The van der Waals surface area contributed by atoms with Crippen LogP contribution in [0, 0.1) is 0 Å². The van der Waals surface area contributed by atoms with E-state index in [1.165, 1.54) is 16.8 Å². The van der Waals surface area contributed by atoms with Crippen LogP contribution < -0.4 is 10.2 Å². The highest BCUT2D eigenvalue weighted by Crippen LogP contribution is 2.34. The van der Waals surface area contributed by atoms with Gasteiger partial charge < -0.3 is 15.3 Å². The first-order chi connectivity index (χ1) is 12.0. The lowest BCUT2D eigenvalue weighted by molar-refractivity contribution is -0.831. The van der Waals surface area contributed by atoms with E-state index in [1.54, 1.807) is 12.1 Å². The van der Waals surface area contributed by atoms with Gasteiger partial charge in [0, 0.05) is 37.0 Å². The number of allylic oxidation sites excluding steroid dienone is 1. The molecule has 0 saturated carbocycles. The molecule has 2 aliphatic heterocycles. The summed E-state index contributed by atoms with van der Waals surface area (Å²) < 4.78 is 0. The Balaban J connectivity index is 1.52. The van der Waals surface area contributed by atoms with Gasteiger partial charge >= 0.3 is 0 Å². The number of aromatic hydroxyl groups is 1. The Bertz CT molecular complexity index is 805. The van der Waals surface area contributed by atoms with Crippen LogP contribution in [0.5, 0.6) is 5.75 Å². The smallest absolute Gasteiger partial charge is 0.241 e. The minimum atomic E-state index is -0.103. The van der Waals surface area contributed by atoms with Crippen molar-refractivity contribution in [2.45, 2.75) is 18.9 Å². The second kappa shape index (κ2) is 6.08. The van der Waals surface area contributed by atoms with Gasteiger partial charge in [0.1, 0.15) is 5.75 Å². The van der Waals surface area contributed by atoms with Crippen molar-refractivity contribution >= 4 is 5.78 Å². The monoisotopic (exact) mass is 338 g/mol. The molecule has 3 aliphatic rings. The maximum atomic E-state index is 13.0. The minimum Gasteiger partial charge on any atom is -0.508 e. The molecule has 1 aliphatic carbocycles. The maximum Gasteiger partial charge on any atom is 0.241 e. The Morgan fingerprint density at radius 1 is 1.32 bits per heavy atom. The Morgan fingerprint density at radius 3 is 2.84 bits per heavy atom. The molecule has 130 valence electrons. The summed E-state index contributed by atoms with van der Waals surface area (Å²) in [5.74, 6) is 0.459. The average molecular weight is 338 g/mol. The largest absolute Gasteiger partial charge is 0.508 e. The molecule has 2 unspecified atom stereocenters. The first-order valence-electron chi connectivity index (χ1n) is 8.82. The first-order valence-corrected chi connectivity index (χ1v) is 8.82. The van der Waals surface area contributed by atoms with E-state index in [9.17, 15) is 9.90 Å². The van der Waals surface area contributed by atoms with Gasteiger partial charge in [0.25, 0.3) is 0 Å². The fraction of sp³-hybridized carbons (Fsp3) is 0.350. The van der Waals surface area contributed by atoms with E-state index in [2.05, 4.69) is 30.5 Å². The third kappa shape index (κ3) is 2.74. The predicted octanol–water partition coefficient (Wildman–Crippen LogP) is 0.361. The van der Waals surface area contributed by atoms with Crippen LogP contribution in [0.4, 0.5) is 0 Å². The van der Waals surface area contributed by atoms with Gasteiger partial charge in [-0.3, -0.25) is 9.69 Å². The molecular formula is C20H24N3O2+. The lowest BCUT2D eigenvalue weighted by Crippen LogP contribution is -3.08. The Hall–Kier alpha value is -2.53. The Kier molecular flexibility index (Phi) is 3.88. The van der Waals surface area contributed by atoms with Crippen molar-refractivity contribution in [3.63, 3.8) is 0 Å². The van der Waals surface area contributed by atoms with Gasteiger partial charge in [-0.05, 0) is 36.6 Å². The van der Waals surface area contributed by atoms with Crippen LogP contribution in [0.3, 0.4) is 0 Å². The number of ketones is 1. The predicted molar refractivity (Wildman–Crippen MR) is 95.9 cm³/mol. The van der Waals surface area contributed by atoms with E-state index in [1.807, 2.05) is 18.2 Å². The fourth-order valence-electron chi connectivity index (χ4n) is 4.01. The molecule has 0 amide bonds. The second-order valence-electron chi connectivity index (χ2n) is 7.08. The molecule has 2 atom stereocenters. The number of carbonyl (C=O) groups is 1. The van der Waals surface area contributed by atoms with Gasteiger partial charge in [-0.2, -0.15) is 0 Å². The van der Waals surface area contributed by atoms with E-state index >= 15 is 0 Å². The molecule has 0 saturated heterocycles. The van der Waals surface area contributed by atoms with Gasteiger partial charge in [0.05, 0.1) is 18.9 Å². The van der Waals surface area contributed by atoms with Crippen LogP contribution in [0.1, 0.15) is 12.0 Å². The summed E-state index contributed by atoms with van der Waals surface area (Å²) in [6.07, 6.45) is 6.06. The summed E-state index contributed by atoms with van der Waals surface area (Å²) in [7, 11) is 4.17. The third-order valence-electron chi connectivity index (χ3n) is 5.37. The number of hydrogen-bond donors (Lipinski definition) is 3. The van der Waals surface area contributed by atoms with Gasteiger partial charge in [0.15, 0.2) is 6.04 Å². The summed E-state index contributed by atoms with van der Waals surface area (Å²) in [6.45, 7) is 1.69. The molecule has 1 aromatic rings. The quantitative estimate of drug-likeness (QED) is 0.742. The highest BCUT2D eigenvalue weighted by molar-refractivity contribution is 6.03. The van der Waals surface area contributed by atoms with Gasteiger partial charge in [-0.1, -0.05) is 12.1 Å².